The van der Waals surface area contributed by atoms with Gasteiger partial charge in [0.25, 0.3) is 5.91 Å². The van der Waals surface area contributed by atoms with Gasteiger partial charge in [0, 0.05) is 19.1 Å². The van der Waals surface area contributed by atoms with E-state index < -0.39 is 6.10 Å². The molecule has 126 valence electrons. The second-order valence-electron chi connectivity index (χ2n) is 6.38. The van der Waals surface area contributed by atoms with Crippen LogP contribution >= 0.6 is 0 Å². The average Bonchev–Trinajstić information content (AvgIpc) is 2.89. The van der Waals surface area contributed by atoms with E-state index in [9.17, 15) is 15.0 Å². The number of nitrogens with zero attached hydrogens (tertiary/aromatic N) is 1. The summed E-state index contributed by atoms with van der Waals surface area (Å²) in [6, 6.07) is 4.75. The number of carbonyl (C=O) groups is 1. The first-order valence-corrected chi connectivity index (χ1v) is 8.16. The maximum Gasteiger partial charge on any atom is 0.255 e. The Labute approximate surface area is 136 Å². The van der Waals surface area contributed by atoms with Crippen LogP contribution in [-0.4, -0.2) is 65.5 Å². The van der Waals surface area contributed by atoms with E-state index in [1.807, 2.05) is 6.92 Å². The molecule has 23 heavy (non-hydrogen) atoms. The largest absolute Gasteiger partial charge is 0.507 e. The first-order valence-electron chi connectivity index (χ1n) is 8.16. The number of benzene rings is 1. The Morgan fingerprint density at radius 1 is 1.30 bits per heavy atom. The first kappa shape index (κ1) is 16.2. The molecule has 3 atom stereocenters. The van der Waals surface area contributed by atoms with E-state index in [1.54, 1.807) is 18.2 Å². The Kier molecular flexibility index (Phi) is 4.84. The summed E-state index contributed by atoms with van der Waals surface area (Å²) < 4.78 is 5.35. The number of rotatable bonds is 3. The van der Waals surface area contributed by atoms with Gasteiger partial charge in [-0.1, -0.05) is 6.07 Å². The van der Waals surface area contributed by atoms with E-state index >= 15 is 0 Å². The van der Waals surface area contributed by atoms with Crippen molar-refractivity contribution in [1.29, 1.82) is 0 Å². The number of carbonyl (C=O) groups excluding carboxylic acids is 1. The van der Waals surface area contributed by atoms with Crippen molar-refractivity contribution in [2.75, 3.05) is 26.3 Å². The van der Waals surface area contributed by atoms with Crippen molar-refractivity contribution in [3.8, 4) is 5.75 Å². The van der Waals surface area contributed by atoms with Gasteiger partial charge in [-0.25, -0.2) is 0 Å². The zero-order chi connectivity index (χ0) is 16.4. The summed E-state index contributed by atoms with van der Waals surface area (Å²) in [5.41, 5.74) is 1.14. The molecule has 3 N–H and O–H groups in total. The molecule has 1 aromatic rings. The number of nitrogens with one attached hydrogen (secondary N) is 1. The van der Waals surface area contributed by atoms with Gasteiger partial charge in [-0.3, -0.25) is 9.69 Å². The lowest BCUT2D eigenvalue weighted by Gasteiger charge is -2.34. The molecule has 1 heterocycles. The van der Waals surface area contributed by atoms with Crippen molar-refractivity contribution in [2.24, 2.45) is 0 Å². The predicted octanol–water partition coefficient (Wildman–Crippen LogP) is 0.655. The van der Waals surface area contributed by atoms with Crippen molar-refractivity contribution in [1.82, 2.24) is 10.2 Å². The summed E-state index contributed by atoms with van der Waals surface area (Å²) in [5, 5.41) is 23.3. The standard InChI is InChI=1S/C17H24N2O4/c1-11-2-3-12(15(20)10-11)17(22)18-13-4-5-14(16(13)21)19-6-8-23-9-7-19/h2-3,10,13-14,16,20-21H,4-9H2,1H3,(H,18,22)/t13-,14-,16-/m1/s1. The van der Waals surface area contributed by atoms with E-state index in [2.05, 4.69) is 10.2 Å². The first-order chi connectivity index (χ1) is 11.1. The maximum atomic E-state index is 12.3. The molecule has 0 unspecified atom stereocenters. The molecule has 2 fully saturated rings. The molecule has 3 rings (SSSR count). The van der Waals surface area contributed by atoms with Gasteiger partial charge in [-0.15, -0.1) is 0 Å². The van der Waals surface area contributed by atoms with Gasteiger partial charge in [0.05, 0.1) is 30.9 Å². The Bertz CT molecular complexity index is 572. The number of hydrogen-bond donors (Lipinski definition) is 3. The third kappa shape index (κ3) is 3.49. The van der Waals surface area contributed by atoms with Crippen LogP contribution in [-0.2, 0) is 4.74 Å². The minimum absolute atomic E-state index is 0.0280. The third-order valence-electron chi connectivity index (χ3n) is 4.81. The number of amides is 1. The summed E-state index contributed by atoms with van der Waals surface area (Å²) in [6.07, 6.45) is 0.998. The van der Waals surface area contributed by atoms with Crippen LogP contribution in [0.2, 0.25) is 0 Å². The van der Waals surface area contributed by atoms with Crippen LogP contribution in [0.3, 0.4) is 0 Å². The topological polar surface area (TPSA) is 82.0 Å². The molecule has 1 saturated carbocycles. The number of aliphatic hydroxyl groups excluding tert-OH is 1. The number of aromatic hydroxyl groups is 1. The molecule has 0 spiro atoms. The van der Waals surface area contributed by atoms with Crippen LogP contribution in [0, 0.1) is 6.92 Å². The monoisotopic (exact) mass is 320 g/mol. The van der Waals surface area contributed by atoms with Crippen LogP contribution in [0.4, 0.5) is 0 Å². The molecular weight excluding hydrogens is 296 g/mol. The predicted molar refractivity (Wildman–Crippen MR) is 85.5 cm³/mol. The van der Waals surface area contributed by atoms with Gasteiger partial charge in [-0.2, -0.15) is 0 Å². The zero-order valence-electron chi connectivity index (χ0n) is 13.4. The van der Waals surface area contributed by atoms with Crippen molar-refractivity contribution in [3.63, 3.8) is 0 Å². The van der Waals surface area contributed by atoms with Gasteiger partial charge in [-0.05, 0) is 37.5 Å². The zero-order valence-corrected chi connectivity index (χ0v) is 13.4. The van der Waals surface area contributed by atoms with E-state index in [4.69, 9.17) is 4.74 Å². The maximum absolute atomic E-state index is 12.3. The fourth-order valence-corrected chi connectivity index (χ4v) is 3.51. The fourth-order valence-electron chi connectivity index (χ4n) is 3.51. The summed E-state index contributed by atoms with van der Waals surface area (Å²) in [6.45, 7) is 4.88. The highest BCUT2D eigenvalue weighted by atomic mass is 16.5. The number of morpholine rings is 1. The molecule has 6 nitrogen and oxygen atoms in total. The normalized spacial score (nSPS) is 28.7. The Morgan fingerprint density at radius 3 is 2.74 bits per heavy atom. The molecule has 0 aromatic heterocycles. The Morgan fingerprint density at radius 2 is 2.04 bits per heavy atom. The average molecular weight is 320 g/mol. The molecule has 1 aliphatic heterocycles. The summed E-state index contributed by atoms with van der Waals surface area (Å²) in [4.78, 5) is 14.6. The lowest BCUT2D eigenvalue weighted by Crippen LogP contribution is -2.51. The van der Waals surface area contributed by atoms with E-state index in [1.165, 1.54) is 0 Å². The van der Waals surface area contributed by atoms with Crippen LogP contribution in [0.5, 0.6) is 5.75 Å². The second-order valence-corrected chi connectivity index (χ2v) is 6.38. The highest BCUT2D eigenvalue weighted by Crippen LogP contribution is 2.26. The molecule has 1 aliphatic carbocycles. The van der Waals surface area contributed by atoms with Gasteiger partial charge in [0.1, 0.15) is 5.75 Å². The molecule has 0 radical (unpaired) electrons. The lowest BCUT2D eigenvalue weighted by atomic mass is 10.1. The smallest absolute Gasteiger partial charge is 0.255 e. The highest BCUT2D eigenvalue weighted by molar-refractivity contribution is 5.97. The third-order valence-corrected chi connectivity index (χ3v) is 4.81. The molecular formula is C17H24N2O4. The van der Waals surface area contributed by atoms with Gasteiger partial charge in [0.2, 0.25) is 0 Å². The van der Waals surface area contributed by atoms with Gasteiger partial charge >= 0.3 is 0 Å². The minimum atomic E-state index is -0.593. The lowest BCUT2D eigenvalue weighted by molar-refractivity contribution is -0.0154. The number of phenols is 1. The van der Waals surface area contributed by atoms with Crippen LogP contribution in [0.1, 0.15) is 28.8 Å². The van der Waals surface area contributed by atoms with Gasteiger partial charge in [0.15, 0.2) is 0 Å². The van der Waals surface area contributed by atoms with Crippen LogP contribution in [0.25, 0.3) is 0 Å². The van der Waals surface area contributed by atoms with Crippen molar-refractivity contribution in [3.05, 3.63) is 29.3 Å². The molecule has 1 amide bonds. The summed E-state index contributed by atoms with van der Waals surface area (Å²) in [5.74, 6) is -0.367. The quantitative estimate of drug-likeness (QED) is 0.762. The van der Waals surface area contributed by atoms with Crippen molar-refractivity contribution in [2.45, 2.75) is 38.0 Å². The van der Waals surface area contributed by atoms with Crippen LogP contribution < -0.4 is 5.32 Å². The Balaban J connectivity index is 1.63. The highest BCUT2D eigenvalue weighted by Gasteiger charge is 2.39. The van der Waals surface area contributed by atoms with Gasteiger partial charge < -0.3 is 20.3 Å². The van der Waals surface area contributed by atoms with Crippen LogP contribution in [0.15, 0.2) is 18.2 Å². The SMILES string of the molecule is Cc1ccc(C(=O)N[C@@H]2CC[C@@H](N3CCOCC3)[C@@H]2O)c(O)c1. The summed E-state index contributed by atoms with van der Waals surface area (Å²) in [7, 11) is 0. The molecule has 0 bridgehead atoms. The van der Waals surface area contributed by atoms with E-state index in [0.717, 1.165) is 31.5 Å². The Hall–Kier alpha value is -1.63. The number of aliphatic hydroxyl groups is 1. The number of aryl methyl sites for hydroxylation is 1. The number of phenolic OH excluding ortho intramolecular Hbond substituents is 1. The minimum Gasteiger partial charge on any atom is -0.507 e. The second kappa shape index (κ2) is 6.86. The van der Waals surface area contributed by atoms with Crippen molar-refractivity contribution >= 4 is 5.91 Å². The van der Waals surface area contributed by atoms with E-state index in [0.29, 0.717) is 13.2 Å². The molecule has 2 aliphatic rings. The van der Waals surface area contributed by atoms with E-state index in [-0.39, 0.29) is 29.3 Å². The molecule has 6 heteroatoms. The number of ether oxygens (including phenoxy) is 1. The number of hydrogen-bond acceptors (Lipinski definition) is 5. The fraction of sp³-hybridized carbons (Fsp3) is 0.588. The molecule has 1 aromatic carbocycles. The summed E-state index contributed by atoms with van der Waals surface area (Å²) >= 11 is 0. The van der Waals surface area contributed by atoms with Crippen molar-refractivity contribution < 1.29 is 19.7 Å². The molecule has 1 saturated heterocycles.